The van der Waals surface area contributed by atoms with Crippen molar-refractivity contribution in [2.24, 2.45) is 17.6 Å². The molecule has 1 atom stereocenters. The Morgan fingerprint density at radius 3 is 2.18 bits per heavy atom. The first-order valence-electron chi connectivity index (χ1n) is 4.50. The zero-order valence-electron chi connectivity index (χ0n) is 7.05. The van der Waals surface area contributed by atoms with Crippen molar-refractivity contribution in [3.63, 3.8) is 0 Å². The molecule has 3 N–H and O–H groups in total. The van der Waals surface area contributed by atoms with Gasteiger partial charge in [-0.2, -0.15) is 0 Å². The van der Waals surface area contributed by atoms with Crippen LogP contribution in [0.5, 0.6) is 0 Å². The van der Waals surface area contributed by atoms with Crippen LogP contribution < -0.4 is 10.8 Å². The minimum atomic E-state index is 0.816. The van der Waals surface area contributed by atoms with E-state index >= 15 is 0 Å². The van der Waals surface area contributed by atoms with Crippen molar-refractivity contribution in [1.82, 2.24) is 5.09 Å². The van der Waals surface area contributed by atoms with Crippen LogP contribution in [0.1, 0.15) is 25.7 Å². The highest BCUT2D eigenvalue weighted by Crippen LogP contribution is 2.27. The Hall–Kier alpha value is 0.350. The summed E-state index contributed by atoms with van der Waals surface area (Å²) in [5, 5.41) is 3.16. The standard InChI is InChI=1S/C8H19N2P/c9-5-7-1-3-8(4-2-7)6-10-11/h7-8,10H,1-6,9,11H2. The molecule has 1 aliphatic carbocycles. The summed E-state index contributed by atoms with van der Waals surface area (Å²) in [5.41, 5.74) is 5.60. The van der Waals surface area contributed by atoms with Crippen LogP contribution in [0.3, 0.4) is 0 Å². The third-order valence-electron chi connectivity index (χ3n) is 2.71. The quantitative estimate of drug-likeness (QED) is 0.629. The smallest absolute Gasteiger partial charge is 0.00140 e. The second-order valence-electron chi connectivity index (χ2n) is 3.53. The summed E-state index contributed by atoms with van der Waals surface area (Å²) in [4.78, 5) is 0. The average molecular weight is 174 g/mol. The SMILES string of the molecule is NCC1CCC(CNP)CC1. The lowest BCUT2D eigenvalue weighted by Crippen LogP contribution is -2.25. The van der Waals surface area contributed by atoms with E-state index in [9.17, 15) is 0 Å². The molecule has 0 spiro atoms. The van der Waals surface area contributed by atoms with E-state index in [1.54, 1.807) is 0 Å². The molecular formula is C8H19N2P. The van der Waals surface area contributed by atoms with E-state index < -0.39 is 0 Å². The Morgan fingerprint density at radius 1 is 1.18 bits per heavy atom. The van der Waals surface area contributed by atoms with Crippen LogP contribution in [0.4, 0.5) is 0 Å². The van der Waals surface area contributed by atoms with Crippen LogP contribution in [0.25, 0.3) is 0 Å². The predicted octanol–water partition coefficient (Wildman–Crippen LogP) is 1.13. The zero-order chi connectivity index (χ0) is 8.10. The second-order valence-corrected chi connectivity index (χ2v) is 3.94. The van der Waals surface area contributed by atoms with E-state index in [1.807, 2.05) is 0 Å². The van der Waals surface area contributed by atoms with Crippen molar-refractivity contribution in [3.8, 4) is 0 Å². The van der Waals surface area contributed by atoms with Gasteiger partial charge in [-0.1, -0.05) is 9.39 Å². The summed E-state index contributed by atoms with van der Waals surface area (Å²) in [6.07, 6.45) is 5.41. The number of hydrogen-bond acceptors (Lipinski definition) is 2. The van der Waals surface area contributed by atoms with Crippen LogP contribution >= 0.6 is 9.39 Å². The number of rotatable bonds is 3. The van der Waals surface area contributed by atoms with E-state index in [0.29, 0.717) is 0 Å². The molecule has 2 nitrogen and oxygen atoms in total. The molecule has 1 fully saturated rings. The van der Waals surface area contributed by atoms with Crippen molar-refractivity contribution >= 4 is 9.39 Å². The summed E-state index contributed by atoms with van der Waals surface area (Å²) in [5.74, 6) is 1.71. The van der Waals surface area contributed by atoms with E-state index in [1.165, 1.54) is 25.7 Å². The van der Waals surface area contributed by atoms with Gasteiger partial charge in [0.15, 0.2) is 0 Å². The Labute approximate surface area is 71.6 Å². The molecule has 0 aliphatic heterocycles. The molecule has 0 saturated heterocycles. The molecular weight excluding hydrogens is 155 g/mol. The fourth-order valence-corrected chi connectivity index (χ4v) is 2.17. The summed E-state index contributed by atoms with van der Waals surface area (Å²) >= 11 is 0. The Bertz CT molecular complexity index is 100. The predicted molar refractivity (Wildman–Crippen MR) is 52.2 cm³/mol. The van der Waals surface area contributed by atoms with Crippen LogP contribution in [-0.4, -0.2) is 13.1 Å². The van der Waals surface area contributed by atoms with E-state index in [4.69, 9.17) is 5.73 Å². The lowest BCUT2D eigenvalue weighted by Gasteiger charge is -2.27. The highest BCUT2D eigenvalue weighted by atomic mass is 31.0. The molecule has 0 aromatic heterocycles. The molecule has 0 heterocycles. The first kappa shape index (κ1) is 9.44. The van der Waals surface area contributed by atoms with E-state index in [2.05, 4.69) is 14.5 Å². The van der Waals surface area contributed by atoms with Gasteiger partial charge in [-0.3, -0.25) is 0 Å². The molecule has 1 aliphatic rings. The van der Waals surface area contributed by atoms with Gasteiger partial charge in [-0.25, -0.2) is 0 Å². The van der Waals surface area contributed by atoms with Gasteiger partial charge >= 0.3 is 0 Å². The second kappa shape index (κ2) is 5.08. The van der Waals surface area contributed by atoms with Gasteiger partial charge in [0, 0.05) is 6.54 Å². The molecule has 0 radical (unpaired) electrons. The van der Waals surface area contributed by atoms with Crippen molar-refractivity contribution in [3.05, 3.63) is 0 Å². The molecule has 1 saturated carbocycles. The lowest BCUT2D eigenvalue weighted by molar-refractivity contribution is 0.281. The van der Waals surface area contributed by atoms with Crippen LogP contribution in [0.15, 0.2) is 0 Å². The third-order valence-corrected chi connectivity index (χ3v) is 2.94. The summed E-state index contributed by atoms with van der Waals surface area (Å²) < 4.78 is 0. The number of hydrogen-bond donors (Lipinski definition) is 2. The molecule has 11 heavy (non-hydrogen) atoms. The molecule has 1 rings (SSSR count). The largest absolute Gasteiger partial charge is 0.330 e. The monoisotopic (exact) mass is 174 g/mol. The normalized spacial score (nSPS) is 32.2. The minimum absolute atomic E-state index is 0.816. The summed E-state index contributed by atoms with van der Waals surface area (Å²) in [6, 6.07) is 0. The van der Waals surface area contributed by atoms with Crippen LogP contribution in [0, 0.1) is 11.8 Å². The fraction of sp³-hybridized carbons (Fsp3) is 1.00. The summed E-state index contributed by atoms with van der Waals surface area (Å²) in [7, 11) is 2.57. The average Bonchev–Trinajstić information content (AvgIpc) is 2.07. The molecule has 0 amide bonds. The van der Waals surface area contributed by atoms with E-state index in [-0.39, 0.29) is 0 Å². The summed E-state index contributed by atoms with van der Waals surface area (Å²) in [6.45, 7) is 2.04. The van der Waals surface area contributed by atoms with Crippen molar-refractivity contribution in [2.45, 2.75) is 25.7 Å². The molecule has 0 aromatic carbocycles. The zero-order valence-corrected chi connectivity index (χ0v) is 8.21. The topological polar surface area (TPSA) is 38.0 Å². The molecule has 0 bridgehead atoms. The fourth-order valence-electron chi connectivity index (χ4n) is 1.84. The van der Waals surface area contributed by atoms with Gasteiger partial charge in [0.25, 0.3) is 0 Å². The molecule has 66 valence electrons. The minimum Gasteiger partial charge on any atom is -0.330 e. The van der Waals surface area contributed by atoms with Crippen molar-refractivity contribution in [2.75, 3.05) is 13.1 Å². The maximum atomic E-state index is 5.60. The highest BCUT2D eigenvalue weighted by molar-refractivity contribution is 7.13. The Balaban J connectivity index is 2.14. The first-order chi connectivity index (χ1) is 5.36. The Morgan fingerprint density at radius 2 is 1.73 bits per heavy atom. The van der Waals surface area contributed by atoms with Gasteiger partial charge in [-0.05, 0) is 44.1 Å². The number of nitrogens with one attached hydrogen (secondary N) is 1. The van der Waals surface area contributed by atoms with Crippen LogP contribution in [-0.2, 0) is 0 Å². The molecule has 3 heteroatoms. The highest BCUT2D eigenvalue weighted by Gasteiger charge is 2.18. The molecule has 1 unspecified atom stereocenters. The molecule has 0 aromatic rings. The Kier molecular flexibility index (Phi) is 4.36. The van der Waals surface area contributed by atoms with Crippen molar-refractivity contribution in [1.29, 1.82) is 0 Å². The lowest BCUT2D eigenvalue weighted by atomic mass is 9.82. The van der Waals surface area contributed by atoms with Gasteiger partial charge in [0.1, 0.15) is 0 Å². The van der Waals surface area contributed by atoms with Gasteiger partial charge in [-0.15, -0.1) is 0 Å². The van der Waals surface area contributed by atoms with Crippen molar-refractivity contribution < 1.29 is 0 Å². The van der Waals surface area contributed by atoms with Gasteiger partial charge in [0.2, 0.25) is 0 Å². The van der Waals surface area contributed by atoms with Gasteiger partial charge in [0.05, 0.1) is 0 Å². The van der Waals surface area contributed by atoms with Crippen LogP contribution in [0.2, 0.25) is 0 Å². The first-order valence-corrected chi connectivity index (χ1v) is 5.08. The van der Waals surface area contributed by atoms with E-state index in [0.717, 1.165) is 24.9 Å². The maximum absolute atomic E-state index is 5.60. The third kappa shape index (κ3) is 3.06. The maximum Gasteiger partial charge on any atom is 0.00140 e. The van der Waals surface area contributed by atoms with Gasteiger partial charge < -0.3 is 10.8 Å². The number of nitrogens with two attached hydrogens (primary N) is 1.